The minimum absolute atomic E-state index is 0.287. The highest BCUT2D eigenvalue weighted by Crippen LogP contribution is 2.19. The Hall–Kier alpha value is -2.36. The van der Waals surface area contributed by atoms with Crippen LogP contribution in [0.25, 0.3) is 11.2 Å². The summed E-state index contributed by atoms with van der Waals surface area (Å²) in [6.07, 6.45) is 2.73. The molecule has 21 heavy (non-hydrogen) atoms. The van der Waals surface area contributed by atoms with Crippen molar-refractivity contribution in [3.8, 4) is 5.75 Å². The molecule has 0 aliphatic heterocycles. The SMILES string of the molecule is CC(C)Cc1nc2cccnc2n1Cc1ccc(O)cc1. The summed E-state index contributed by atoms with van der Waals surface area (Å²) in [5.41, 5.74) is 2.98. The third-order valence-corrected chi connectivity index (χ3v) is 3.45. The summed E-state index contributed by atoms with van der Waals surface area (Å²) in [6.45, 7) is 5.10. The van der Waals surface area contributed by atoms with Crippen LogP contribution in [0.4, 0.5) is 0 Å². The number of nitrogens with zero attached hydrogens (tertiary/aromatic N) is 3. The maximum Gasteiger partial charge on any atom is 0.160 e. The van der Waals surface area contributed by atoms with Gasteiger partial charge in [-0.2, -0.15) is 0 Å². The van der Waals surface area contributed by atoms with Gasteiger partial charge in [-0.3, -0.25) is 0 Å². The Morgan fingerprint density at radius 1 is 1.14 bits per heavy atom. The molecule has 0 unspecified atom stereocenters. The van der Waals surface area contributed by atoms with Crippen LogP contribution in [0.15, 0.2) is 42.6 Å². The highest BCUT2D eigenvalue weighted by Gasteiger charge is 2.13. The summed E-state index contributed by atoms with van der Waals surface area (Å²) in [5, 5.41) is 9.40. The Bertz CT molecular complexity index is 744. The summed E-state index contributed by atoms with van der Waals surface area (Å²) in [5.74, 6) is 1.89. The minimum Gasteiger partial charge on any atom is -0.508 e. The van der Waals surface area contributed by atoms with Crippen LogP contribution in [0, 0.1) is 5.92 Å². The molecular formula is C17H19N3O. The van der Waals surface area contributed by atoms with Crippen molar-refractivity contribution in [2.75, 3.05) is 0 Å². The number of aromatic nitrogens is 3. The van der Waals surface area contributed by atoms with E-state index < -0.39 is 0 Å². The summed E-state index contributed by atoms with van der Waals surface area (Å²) >= 11 is 0. The van der Waals surface area contributed by atoms with Crippen LogP contribution >= 0.6 is 0 Å². The minimum atomic E-state index is 0.287. The third kappa shape index (κ3) is 2.89. The topological polar surface area (TPSA) is 50.9 Å². The quantitative estimate of drug-likeness (QED) is 0.797. The molecule has 108 valence electrons. The number of imidazole rings is 1. The van der Waals surface area contributed by atoms with Crippen LogP contribution in [0.1, 0.15) is 25.2 Å². The molecule has 0 fully saturated rings. The molecule has 0 atom stereocenters. The fourth-order valence-electron chi connectivity index (χ4n) is 2.48. The van der Waals surface area contributed by atoms with Gasteiger partial charge in [0.1, 0.15) is 17.1 Å². The standard InChI is InChI=1S/C17H19N3O/c1-12(2)10-16-19-15-4-3-9-18-17(15)20(16)11-13-5-7-14(21)8-6-13/h3-9,12,21H,10-11H2,1-2H3. The van der Waals surface area contributed by atoms with Crippen LogP contribution in [0.3, 0.4) is 0 Å². The summed E-state index contributed by atoms with van der Waals surface area (Å²) in [7, 11) is 0. The van der Waals surface area contributed by atoms with Crippen molar-refractivity contribution < 1.29 is 5.11 Å². The number of hydrogen-bond donors (Lipinski definition) is 1. The van der Waals surface area contributed by atoms with E-state index in [4.69, 9.17) is 4.98 Å². The molecule has 0 amide bonds. The Morgan fingerprint density at radius 2 is 1.90 bits per heavy atom. The molecule has 3 rings (SSSR count). The first-order valence-electron chi connectivity index (χ1n) is 7.21. The van der Waals surface area contributed by atoms with Crippen LogP contribution in [0.5, 0.6) is 5.75 Å². The zero-order chi connectivity index (χ0) is 14.8. The van der Waals surface area contributed by atoms with Gasteiger partial charge in [-0.15, -0.1) is 0 Å². The van der Waals surface area contributed by atoms with Gasteiger partial charge in [0.05, 0.1) is 6.54 Å². The largest absolute Gasteiger partial charge is 0.508 e. The number of rotatable bonds is 4. The average Bonchev–Trinajstić information content (AvgIpc) is 2.78. The molecule has 0 aliphatic carbocycles. The molecule has 0 bridgehead atoms. The number of phenols is 1. The lowest BCUT2D eigenvalue weighted by Gasteiger charge is -2.10. The van der Waals surface area contributed by atoms with Gasteiger partial charge in [-0.25, -0.2) is 9.97 Å². The lowest BCUT2D eigenvalue weighted by atomic mass is 10.1. The Balaban J connectivity index is 2.03. The van der Waals surface area contributed by atoms with Crippen molar-refractivity contribution in [3.05, 3.63) is 54.0 Å². The number of benzene rings is 1. The van der Waals surface area contributed by atoms with Gasteiger partial charge < -0.3 is 9.67 Å². The summed E-state index contributed by atoms with van der Waals surface area (Å²) in [4.78, 5) is 9.19. The van der Waals surface area contributed by atoms with E-state index in [2.05, 4.69) is 23.4 Å². The van der Waals surface area contributed by atoms with Crippen molar-refractivity contribution in [1.82, 2.24) is 14.5 Å². The van der Waals surface area contributed by atoms with E-state index in [9.17, 15) is 5.11 Å². The number of aromatic hydroxyl groups is 1. The van der Waals surface area contributed by atoms with Crippen LogP contribution < -0.4 is 0 Å². The second-order valence-electron chi connectivity index (χ2n) is 5.72. The number of pyridine rings is 1. The molecule has 2 heterocycles. The highest BCUT2D eigenvalue weighted by atomic mass is 16.3. The average molecular weight is 281 g/mol. The van der Waals surface area contributed by atoms with Gasteiger partial charge in [-0.05, 0) is 35.7 Å². The molecule has 0 spiro atoms. The van der Waals surface area contributed by atoms with E-state index in [1.807, 2.05) is 24.3 Å². The molecule has 1 aromatic carbocycles. The lowest BCUT2D eigenvalue weighted by molar-refractivity contribution is 0.475. The Morgan fingerprint density at radius 3 is 2.62 bits per heavy atom. The summed E-state index contributed by atoms with van der Waals surface area (Å²) < 4.78 is 2.17. The van der Waals surface area contributed by atoms with Crippen LogP contribution in [-0.2, 0) is 13.0 Å². The maximum absolute atomic E-state index is 9.40. The third-order valence-electron chi connectivity index (χ3n) is 3.45. The number of fused-ring (bicyclic) bond motifs is 1. The van der Waals surface area contributed by atoms with Crippen molar-refractivity contribution in [1.29, 1.82) is 0 Å². The first kappa shape index (κ1) is 13.6. The van der Waals surface area contributed by atoms with E-state index >= 15 is 0 Å². The molecule has 0 aliphatic rings. The lowest BCUT2D eigenvalue weighted by Crippen LogP contribution is -2.08. The van der Waals surface area contributed by atoms with Crippen molar-refractivity contribution in [2.24, 2.45) is 5.92 Å². The first-order valence-corrected chi connectivity index (χ1v) is 7.21. The monoisotopic (exact) mass is 281 g/mol. The number of hydrogen-bond acceptors (Lipinski definition) is 3. The van der Waals surface area contributed by atoms with Gasteiger partial charge >= 0.3 is 0 Å². The summed E-state index contributed by atoms with van der Waals surface area (Å²) in [6, 6.07) is 11.2. The van der Waals surface area contributed by atoms with Crippen molar-refractivity contribution >= 4 is 11.2 Å². The smallest absolute Gasteiger partial charge is 0.160 e. The van der Waals surface area contributed by atoms with Crippen molar-refractivity contribution in [2.45, 2.75) is 26.8 Å². The van der Waals surface area contributed by atoms with E-state index in [-0.39, 0.29) is 5.75 Å². The molecular weight excluding hydrogens is 262 g/mol. The van der Waals surface area contributed by atoms with Gasteiger partial charge in [-0.1, -0.05) is 26.0 Å². The van der Waals surface area contributed by atoms with Gasteiger partial charge in [0.2, 0.25) is 0 Å². The zero-order valence-electron chi connectivity index (χ0n) is 12.3. The normalized spacial score (nSPS) is 11.4. The van der Waals surface area contributed by atoms with E-state index in [1.54, 1.807) is 18.3 Å². The molecule has 4 nitrogen and oxygen atoms in total. The van der Waals surface area contributed by atoms with Gasteiger partial charge in [0, 0.05) is 12.6 Å². The van der Waals surface area contributed by atoms with E-state index in [0.717, 1.165) is 35.5 Å². The molecule has 0 radical (unpaired) electrons. The molecule has 1 N–H and O–H groups in total. The van der Waals surface area contributed by atoms with E-state index in [1.165, 1.54) is 0 Å². The Labute approximate surface area is 124 Å². The second kappa shape index (κ2) is 5.56. The molecule has 4 heteroatoms. The van der Waals surface area contributed by atoms with Gasteiger partial charge in [0.15, 0.2) is 5.65 Å². The zero-order valence-corrected chi connectivity index (χ0v) is 12.3. The van der Waals surface area contributed by atoms with Crippen LogP contribution in [-0.4, -0.2) is 19.6 Å². The number of phenolic OH excluding ortho intramolecular Hbond substituents is 1. The molecule has 0 saturated heterocycles. The van der Waals surface area contributed by atoms with Crippen LogP contribution in [0.2, 0.25) is 0 Å². The van der Waals surface area contributed by atoms with E-state index in [0.29, 0.717) is 5.92 Å². The highest BCUT2D eigenvalue weighted by molar-refractivity contribution is 5.71. The maximum atomic E-state index is 9.40. The fraction of sp³-hybridized carbons (Fsp3) is 0.294. The molecule has 0 saturated carbocycles. The molecule has 3 aromatic rings. The second-order valence-corrected chi connectivity index (χ2v) is 5.72. The predicted molar refractivity (Wildman–Crippen MR) is 83.3 cm³/mol. The Kier molecular flexibility index (Phi) is 3.60. The predicted octanol–water partition coefficient (Wildman–Crippen LogP) is 3.38. The fourth-order valence-corrected chi connectivity index (χ4v) is 2.48. The van der Waals surface area contributed by atoms with Crippen molar-refractivity contribution in [3.63, 3.8) is 0 Å². The van der Waals surface area contributed by atoms with Gasteiger partial charge in [0.25, 0.3) is 0 Å². The first-order chi connectivity index (χ1) is 10.1. The molecule has 2 aromatic heterocycles.